The first-order valence-electron chi connectivity index (χ1n) is 4.52. The van der Waals surface area contributed by atoms with E-state index in [4.69, 9.17) is 0 Å². The van der Waals surface area contributed by atoms with Gasteiger partial charge in [-0.25, -0.2) is 0 Å². The maximum atomic E-state index is 13.0. The molecule has 0 bridgehead atoms. The number of hydrogen-bond acceptors (Lipinski definition) is 0. The molecule has 0 spiro atoms. The molecule has 0 rings (SSSR count). The summed E-state index contributed by atoms with van der Waals surface area (Å²) in [5, 5.41) is 0. The van der Waals surface area contributed by atoms with E-state index in [1.54, 1.807) is 0 Å². The van der Waals surface area contributed by atoms with Crippen LogP contribution in [0.1, 0.15) is 0 Å². The van der Waals surface area contributed by atoms with Crippen molar-refractivity contribution in [3.05, 3.63) is 0 Å². The fourth-order valence-corrected chi connectivity index (χ4v) is 2.53. The summed E-state index contributed by atoms with van der Waals surface area (Å²) in [6, 6.07) is -6.32. The Morgan fingerprint density at radius 3 is 0.913 bits per heavy atom. The third-order valence-corrected chi connectivity index (χ3v) is 5.45. The molecule has 0 N–H and O–H groups in total. The van der Waals surface area contributed by atoms with Gasteiger partial charge in [0.1, 0.15) is 0 Å². The molecular formula is C6Cl3F13Si. The Morgan fingerprint density at radius 2 is 0.696 bits per heavy atom. The van der Waals surface area contributed by atoms with Crippen molar-refractivity contribution in [1.82, 2.24) is 0 Å². The van der Waals surface area contributed by atoms with Crippen LogP contribution < -0.4 is 0 Å². The zero-order chi connectivity index (χ0) is 19.5. The highest BCUT2D eigenvalue weighted by Crippen LogP contribution is 2.62. The van der Waals surface area contributed by atoms with Crippen LogP contribution in [0.15, 0.2) is 0 Å². The van der Waals surface area contributed by atoms with E-state index in [1.807, 2.05) is 0 Å². The summed E-state index contributed by atoms with van der Waals surface area (Å²) in [5.74, 6) is -31.3. The lowest BCUT2D eigenvalue weighted by Crippen LogP contribution is -2.72. The second kappa shape index (κ2) is 5.59. The van der Waals surface area contributed by atoms with Gasteiger partial charge in [0.15, 0.2) is 0 Å². The van der Waals surface area contributed by atoms with Crippen LogP contribution in [0.25, 0.3) is 0 Å². The van der Waals surface area contributed by atoms with Crippen LogP contribution in [0, 0.1) is 0 Å². The summed E-state index contributed by atoms with van der Waals surface area (Å²) >= 11 is 13.0. The zero-order valence-electron chi connectivity index (χ0n) is 9.55. The van der Waals surface area contributed by atoms with Gasteiger partial charge < -0.3 is 0 Å². The monoisotopic (exact) mass is 452 g/mol. The van der Waals surface area contributed by atoms with Gasteiger partial charge in [-0.1, -0.05) is 0 Å². The molecular weight excluding hydrogens is 453 g/mol. The molecule has 0 amide bonds. The lowest BCUT2D eigenvalue weighted by atomic mass is 9.98. The van der Waals surface area contributed by atoms with Crippen molar-refractivity contribution in [2.75, 3.05) is 0 Å². The molecule has 0 aliphatic rings. The van der Waals surface area contributed by atoms with E-state index in [0.717, 1.165) is 0 Å². The third kappa shape index (κ3) is 3.08. The van der Waals surface area contributed by atoms with Crippen molar-refractivity contribution in [2.24, 2.45) is 0 Å². The highest BCUT2D eigenvalue weighted by molar-refractivity contribution is 7.65. The number of rotatable bonds is 5. The highest BCUT2D eigenvalue weighted by Gasteiger charge is 2.92. The first-order chi connectivity index (χ1) is 9.50. The molecule has 0 aliphatic carbocycles. The second-order valence-corrected chi connectivity index (χ2v) is 12.3. The molecule has 0 radical (unpaired) electrons. The maximum Gasteiger partial charge on any atom is 0.460 e. The van der Waals surface area contributed by atoms with Gasteiger partial charge in [-0.2, -0.15) is 57.1 Å². The molecule has 0 fully saturated rings. The molecule has 140 valence electrons. The molecule has 0 aliphatic heterocycles. The molecule has 17 heteroatoms. The van der Waals surface area contributed by atoms with Gasteiger partial charge in [0.2, 0.25) is 0 Å². The molecule has 0 unspecified atom stereocenters. The van der Waals surface area contributed by atoms with Gasteiger partial charge in [-0.05, 0) is 0 Å². The van der Waals surface area contributed by atoms with Crippen LogP contribution >= 0.6 is 33.2 Å². The van der Waals surface area contributed by atoms with E-state index < -0.39 is 41.4 Å². The first-order valence-corrected chi connectivity index (χ1v) is 9.56. The van der Waals surface area contributed by atoms with E-state index in [0.29, 0.717) is 0 Å². The first kappa shape index (κ1) is 23.2. The van der Waals surface area contributed by atoms with Gasteiger partial charge in [0.25, 0.3) is 0 Å². The number of hydrogen-bond donors (Lipinski definition) is 0. The largest absolute Gasteiger partial charge is 0.460 e. The summed E-state index contributed by atoms with van der Waals surface area (Å²) in [7, 11) is 0. The number of alkyl halides is 13. The Hall–Kier alpha value is 0.177. The standard InChI is InChI=1S/C6Cl3F13Si/c7-23(8,9)6(21,22)4(16,17)2(12,13)1(10,11)3(14,15)5(18,19)20. The van der Waals surface area contributed by atoms with Crippen LogP contribution in [0.3, 0.4) is 0 Å². The third-order valence-electron chi connectivity index (χ3n) is 2.29. The minimum atomic E-state index is -7.99. The van der Waals surface area contributed by atoms with Crippen molar-refractivity contribution < 1.29 is 57.1 Å². The normalized spacial score (nSPS) is 16.7. The van der Waals surface area contributed by atoms with E-state index >= 15 is 0 Å². The van der Waals surface area contributed by atoms with Crippen molar-refractivity contribution >= 4 is 39.2 Å². The molecule has 0 saturated heterocycles. The van der Waals surface area contributed by atoms with Crippen LogP contribution in [0.2, 0.25) is 0 Å². The summed E-state index contributed by atoms with van der Waals surface area (Å²) in [5.41, 5.74) is -6.61. The molecule has 0 aromatic heterocycles. The summed E-state index contributed by atoms with van der Waals surface area (Å²) in [6.07, 6.45) is -7.47. The molecule has 0 heterocycles. The van der Waals surface area contributed by atoms with Gasteiger partial charge in [0, 0.05) is 0 Å². The van der Waals surface area contributed by atoms with Crippen molar-refractivity contribution in [1.29, 1.82) is 0 Å². The van der Waals surface area contributed by atoms with Gasteiger partial charge in [-0.15, -0.1) is 33.2 Å². The minimum absolute atomic E-state index is 4.32. The SMILES string of the molecule is FC(F)(F)C(F)(F)C(F)(F)C(F)(F)C(F)(F)C(F)(F)[Si](Cl)(Cl)Cl. The molecule has 23 heavy (non-hydrogen) atoms. The Morgan fingerprint density at radius 1 is 0.435 bits per heavy atom. The summed E-state index contributed by atoms with van der Waals surface area (Å²) in [6.45, 7) is 0. The van der Waals surface area contributed by atoms with Gasteiger partial charge in [-0.3, -0.25) is 0 Å². The van der Waals surface area contributed by atoms with Gasteiger partial charge in [0.05, 0.1) is 0 Å². The van der Waals surface area contributed by atoms with Crippen LogP contribution in [0.5, 0.6) is 0 Å². The second-order valence-electron chi connectivity index (χ2n) is 3.87. The fourth-order valence-electron chi connectivity index (χ4n) is 0.948. The maximum absolute atomic E-state index is 13.0. The Balaban J connectivity index is 6.37. The van der Waals surface area contributed by atoms with Gasteiger partial charge >= 0.3 is 41.4 Å². The lowest BCUT2D eigenvalue weighted by molar-refractivity contribution is -0.434. The average Bonchev–Trinajstić information content (AvgIpc) is 2.24. The molecule has 0 saturated carbocycles. The highest BCUT2D eigenvalue weighted by atomic mass is 35.8. The predicted octanol–water partition coefficient (Wildman–Crippen LogP) is 5.92. The zero-order valence-corrected chi connectivity index (χ0v) is 12.8. The van der Waals surface area contributed by atoms with E-state index in [9.17, 15) is 57.1 Å². The predicted molar refractivity (Wildman–Crippen MR) is 54.1 cm³/mol. The van der Waals surface area contributed by atoms with E-state index in [-0.39, 0.29) is 0 Å². The topological polar surface area (TPSA) is 0 Å². The Labute approximate surface area is 132 Å². The number of halogens is 16. The average molecular weight is 453 g/mol. The van der Waals surface area contributed by atoms with Crippen LogP contribution in [-0.4, -0.2) is 41.4 Å². The lowest BCUT2D eigenvalue weighted by Gasteiger charge is -2.40. The Bertz CT molecular complexity index is 410. The fraction of sp³-hybridized carbons (Fsp3) is 1.00. The van der Waals surface area contributed by atoms with Crippen molar-refractivity contribution in [3.8, 4) is 0 Å². The minimum Gasteiger partial charge on any atom is -0.200 e. The quantitative estimate of drug-likeness (QED) is 0.275. The smallest absolute Gasteiger partial charge is 0.200 e. The molecule has 0 aromatic carbocycles. The van der Waals surface area contributed by atoms with Crippen molar-refractivity contribution in [2.45, 2.75) is 35.4 Å². The van der Waals surface area contributed by atoms with E-state index in [2.05, 4.69) is 33.2 Å². The van der Waals surface area contributed by atoms with Crippen LogP contribution in [0.4, 0.5) is 57.1 Å². The molecule has 0 aromatic rings. The van der Waals surface area contributed by atoms with E-state index in [1.165, 1.54) is 0 Å². The molecule has 0 atom stereocenters. The Kier molecular flexibility index (Phi) is 5.63. The molecule has 0 nitrogen and oxygen atoms in total. The van der Waals surface area contributed by atoms with Crippen LogP contribution in [-0.2, 0) is 0 Å². The summed E-state index contributed by atoms with van der Waals surface area (Å²) in [4.78, 5) is 0. The summed E-state index contributed by atoms with van der Waals surface area (Å²) < 4.78 is 163. The van der Waals surface area contributed by atoms with Crippen molar-refractivity contribution in [3.63, 3.8) is 0 Å².